The summed E-state index contributed by atoms with van der Waals surface area (Å²) in [6.45, 7) is 1.66. The monoisotopic (exact) mass is 304 g/mol. The topological polar surface area (TPSA) is 49.5 Å². The first-order chi connectivity index (χ1) is 9.71. The molecule has 0 radical (unpaired) electrons. The fraction of sp³-hybridized carbons (Fsp3) is 1.00. The van der Waals surface area contributed by atoms with Crippen molar-refractivity contribution < 1.29 is 22.8 Å². The van der Waals surface area contributed by atoms with Gasteiger partial charge in [0.05, 0.1) is 19.3 Å². The van der Waals surface area contributed by atoms with Crippen molar-refractivity contribution in [1.29, 1.82) is 0 Å². The van der Waals surface area contributed by atoms with Crippen LogP contribution in [0.2, 0.25) is 6.04 Å². The van der Waals surface area contributed by atoms with E-state index in [-0.39, 0.29) is 0 Å². The van der Waals surface area contributed by atoms with E-state index in [9.17, 15) is 0 Å². The molecular formula is C14H28O5Si. The van der Waals surface area contributed by atoms with Crippen molar-refractivity contribution in [2.24, 2.45) is 5.92 Å². The lowest BCUT2D eigenvalue weighted by molar-refractivity contribution is 0.00956. The van der Waals surface area contributed by atoms with E-state index < -0.39 is 8.80 Å². The van der Waals surface area contributed by atoms with Crippen LogP contribution in [-0.2, 0) is 22.8 Å². The van der Waals surface area contributed by atoms with Gasteiger partial charge in [0.25, 0.3) is 0 Å². The highest BCUT2D eigenvalue weighted by atomic mass is 28.4. The Bertz CT molecular complexity index is 264. The minimum atomic E-state index is -2.39. The molecule has 118 valence electrons. The van der Waals surface area contributed by atoms with Crippen molar-refractivity contribution in [3.05, 3.63) is 0 Å². The minimum absolute atomic E-state index is 0.379. The van der Waals surface area contributed by atoms with Crippen molar-refractivity contribution in [1.82, 2.24) is 0 Å². The van der Waals surface area contributed by atoms with Gasteiger partial charge in [-0.05, 0) is 38.0 Å². The summed E-state index contributed by atoms with van der Waals surface area (Å²) in [6, 6.07) is 0.905. The molecule has 2 fully saturated rings. The number of ether oxygens (including phenoxy) is 2. The predicted octanol–water partition coefficient (Wildman–Crippen LogP) is 2.23. The molecule has 0 aromatic carbocycles. The first kappa shape index (κ1) is 16.4. The van der Waals surface area contributed by atoms with Crippen molar-refractivity contribution in [2.45, 2.75) is 50.4 Å². The molecular weight excluding hydrogens is 276 g/mol. The fourth-order valence-corrected chi connectivity index (χ4v) is 4.81. The maximum Gasteiger partial charge on any atom is 0.500 e. The van der Waals surface area contributed by atoms with Crippen LogP contribution in [0.15, 0.2) is 0 Å². The van der Waals surface area contributed by atoms with Gasteiger partial charge in [-0.15, -0.1) is 0 Å². The van der Waals surface area contributed by atoms with E-state index >= 15 is 0 Å². The van der Waals surface area contributed by atoms with E-state index in [2.05, 4.69) is 0 Å². The smallest absolute Gasteiger partial charge is 0.377 e. The first-order valence-corrected chi connectivity index (χ1v) is 9.53. The lowest BCUT2D eigenvalue weighted by Gasteiger charge is -2.31. The van der Waals surface area contributed by atoms with Crippen molar-refractivity contribution in [3.63, 3.8) is 0 Å². The van der Waals surface area contributed by atoms with Gasteiger partial charge >= 0.3 is 8.80 Å². The highest BCUT2D eigenvalue weighted by Gasteiger charge is 2.38. The van der Waals surface area contributed by atoms with Gasteiger partial charge in [-0.3, -0.25) is 0 Å². The summed E-state index contributed by atoms with van der Waals surface area (Å²) in [5.41, 5.74) is 0. The Balaban J connectivity index is 1.63. The van der Waals surface area contributed by atoms with E-state index in [4.69, 9.17) is 22.8 Å². The normalized spacial score (nSPS) is 30.4. The largest absolute Gasteiger partial charge is 0.500 e. The molecule has 0 bridgehead atoms. The number of hydrogen-bond acceptors (Lipinski definition) is 5. The molecule has 1 atom stereocenters. The van der Waals surface area contributed by atoms with Crippen LogP contribution in [0.3, 0.4) is 0 Å². The maximum absolute atomic E-state index is 5.87. The third kappa shape index (κ3) is 4.79. The summed E-state index contributed by atoms with van der Waals surface area (Å²) >= 11 is 0. The summed E-state index contributed by atoms with van der Waals surface area (Å²) in [6.07, 6.45) is 6.74. The summed E-state index contributed by atoms with van der Waals surface area (Å²) in [7, 11) is 2.67. The van der Waals surface area contributed by atoms with Gasteiger partial charge in [0.2, 0.25) is 0 Å². The molecule has 1 saturated carbocycles. The van der Waals surface area contributed by atoms with E-state index in [0.29, 0.717) is 12.2 Å². The van der Waals surface area contributed by atoms with Gasteiger partial charge in [0.15, 0.2) is 0 Å². The van der Waals surface area contributed by atoms with Gasteiger partial charge in [-0.1, -0.05) is 0 Å². The van der Waals surface area contributed by atoms with E-state index in [1.54, 1.807) is 21.3 Å². The molecule has 2 rings (SSSR count). The zero-order valence-corrected chi connectivity index (χ0v) is 13.9. The Kier molecular flexibility index (Phi) is 6.44. The zero-order chi connectivity index (χ0) is 14.4. The van der Waals surface area contributed by atoms with Gasteiger partial charge < -0.3 is 22.8 Å². The Hall–Kier alpha value is 0.0169. The SMILES string of the molecule is CO[Si](CCC1CCC(OCC2CO2)CC1)(OC)OC. The fourth-order valence-electron chi connectivity index (χ4n) is 2.93. The number of epoxide rings is 1. The predicted molar refractivity (Wildman–Crippen MR) is 77.6 cm³/mol. The lowest BCUT2D eigenvalue weighted by Crippen LogP contribution is -2.43. The summed E-state index contributed by atoms with van der Waals surface area (Å²) in [5, 5.41) is 0. The molecule has 1 saturated heterocycles. The first-order valence-electron chi connectivity index (χ1n) is 7.60. The summed E-state index contributed by atoms with van der Waals surface area (Å²) in [4.78, 5) is 0. The van der Waals surface area contributed by atoms with Gasteiger partial charge in [-0.25, -0.2) is 0 Å². The van der Waals surface area contributed by atoms with E-state index in [1.165, 1.54) is 25.7 Å². The third-order valence-electron chi connectivity index (χ3n) is 4.51. The van der Waals surface area contributed by atoms with E-state index in [0.717, 1.165) is 31.6 Å². The average molecular weight is 304 g/mol. The number of hydrogen-bond donors (Lipinski definition) is 0. The van der Waals surface area contributed by atoms with Gasteiger partial charge in [-0.2, -0.15) is 0 Å². The molecule has 1 aliphatic heterocycles. The minimum Gasteiger partial charge on any atom is -0.377 e. The molecule has 6 heteroatoms. The Morgan fingerprint density at radius 2 is 1.60 bits per heavy atom. The summed E-state index contributed by atoms with van der Waals surface area (Å²) < 4.78 is 27.5. The summed E-state index contributed by atoms with van der Waals surface area (Å²) in [5.74, 6) is 0.749. The van der Waals surface area contributed by atoms with E-state index in [1.807, 2.05) is 0 Å². The van der Waals surface area contributed by atoms with Crippen molar-refractivity contribution in [3.8, 4) is 0 Å². The molecule has 5 nitrogen and oxygen atoms in total. The number of rotatable bonds is 9. The van der Waals surface area contributed by atoms with Crippen LogP contribution in [0.5, 0.6) is 0 Å². The molecule has 0 aromatic rings. The molecule has 1 aliphatic carbocycles. The van der Waals surface area contributed by atoms with Crippen molar-refractivity contribution >= 4 is 8.80 Å². The second kappa shape index (κ2) is 7.86. The Morgan fingerprint density at radius 3 is 2.10 bits per heavy atom. The second-order valence-electron chi connectivity index (χ2n) is 5.77. The van der Waals surface area contributed by atoms with Crippen LogP contribution < -0.4 is 0 Å². The highest BCUT2D eigenvalue weighted by Crippen LogP contribution is 2.32. The molecule has 1 heterocycles. The quantitative estimate of drug-likeness (QED) is 0.483. The van der Waals surface area contributed by atoms with Crippen LogP contribution in [0.25, 0.3) is 0 Å². The molecule has 0 amide bonds. The Labute approximate surface area is 123 Å². The van der Waals surface area contributed by atoms with Crippen LogP contribution >= 0.6 is 0 Å². The zero-order valence-electron chi connectivity index (χ0n) is 12.9. The maximum atomic E-state index is 5.87. The van der Waals surface area contributed by atoms with Crippen molar-refractivity contribution in [2.75, 3.05) is 34.5 Å². The average Bonchev–Trinajstić information content (AvgIpc) is 3.33. The molecule has 0 spiro atoms. The standard InChI is InChI=1S/C14H28O5Si/c1-15-20(16-2,17-3)9-8-12-4-6-13(7-5-12)18-10-14-11-19-14/h12-14H,4-11H2,1-3H3. The molecule has 2 aliphatic rings. The Morgan fingerprint density at radius 1 is 1.00 bits per heavy atom. The van der Waals surface area contributed by atoms with Gasteiger partial charge in [0.1, 0.15) is 6.10 Å². The lowest BCUT2D eigenvalue weighted by atomic mass is 9.86. The highest BCUT2D eigenvalue weighted by molar-refractivity contribution is 6.60. The third-order valence-corrected chi connectivity index (χ3v) is 7.27. The molecule has 1 unspecified atom stereocenters. The molecule has 0 aromatic heterocycles. The molecule has 0 N–H and O–H groups in total. The van der Waals surface area contributed by atoms with Gasteiger partial charge in [0, 0.05) is 27.4 Å². The molecule has 20 heavy (non-hydrogen) atoms. The van der Waals surface area contributed by atoms with Crippen LogP contribution in [-0.4, -0.2) is 55.6 Å². The van der Waals surface area contributed by atoms with Crippen LogP contribution in [0.4, 0.5) is 0 Å². The van der Waals surface area contributed by atoms with Crippen LogP contribution in [0.1, 0.15) is 32.1 Å². The second-order valence-corrected chi connectivity index (χ2v) is 8.86. The van der Waals surface area contributed by atoms with Crippen LogP contribution in [0, 0.1) is 5.92 Å².